The first-order chi connectivity index (χ1) is 9.90. The highest BCUT2D eigenvalue weighted by Gasteiger charge is 2.22. The average molecular weight is 293 g/mol. The summed E-state index contributed by atoms with van der Waals surface area (Å²) >= 11 is 0. The van der Waals surface area contributed by atoms with Gasteiger partial charge in [-0.05, 0) is 29.0 Å². The Morgan fingerprint density at radius 1 is 1.19 bits per heavy atom. The zero-order valence-electron chi connectivity index (χ0n) is 13.5. The lowest BCUT2D eigenvalue weighted by Crippen LogP contribution is -2.35. The second kappa shape index (κ2) is 6.67. The van der Waals surface area contributed by atoms with Gasteiger partial charge in [0, 0.05) is 13.1 Å². The van der Waals surface area contributed by atoms with Crippen LogP contribution in [0.5, 0.6) is 11.5 Å². The molecule has 0 fully saturated rings. The van der Waals surface area contributed by atoms with E-state index >= 15 is 0 Å². The number of hydrogen-bond acceptors (Lipinski definition) is 4. The molecule has 2 rings (SSSR count). The van der Waals surface area contributed by atoms with Crippen molar-refractivity contribution in [3.8, 4) is 11.5 Å². The van der Waals surface area contributed by atoms with Crippen LogP contribution in [0.4, 0.5) is 0 Å². The van der Waals surface area contributed by atoms with E-state index in [4.69, 9.17) is 9.47 Å². The Morgan fingerprint density at radius 3 is 2.52 bits per heavy atom. The summed E-state index contributed by atoms with van der Waals surface area (Å²) in [6.45, 7) is 11.5. The largest absolute Gasteiger partial charge is 0.486 e. The third kappa shape index (κ3) is 4.11. The van der Waals surface area contributed by atoms with Gasteiger partial charge < -0.3 is 19.9 Å². The fraction of sp³-hybridized carbons (Fsp3) is 0.647. The minimum absolute atomic E-state index is 0.215. The second-order valence-electron chi connectivity index (χ2n) is 6.69. The van der Waals surface area contributed by atoms with Crippen molar-refractivity contribution in [3.05, 3.63) is 23.8 Å². The smallest absolute Gasteiger partial charge is 0.161 e. The molecular formula is C17H27NO3. The van der Waals surface area contributed by atoms with Crippen molar-refractivity contribution in [2.45, 2.75) is 33.8 Å². The summed E-state index contributed by atoms with van der Waals surface area (Å²) in [7, 11) is 0. The van der Waals surface area contributed by atoms with Gasteiger partial charge in [-0.25, -0.2) is 0 Å². The Hall–Kier alpha value is -1.26. The first kappa shape index (κ1) is 16.1. The Labute approximate surface area is 127 Å². The van der Waals surface area contributed by atoms with Crippen molar-refractivity contribution < 1.29 is 14.6 Å². The van der Waals surface area contributed by atoms with E-state index in [0.717, 1.165) is 23.6 Å². The van der Waals surface area contributed by atoms with Gasteiger partial charge in [0.1, 0.15) is 13.2 Å². The topological polar surface area (TPSA) is 50.7 Å². The highest BCUT2D eigenvalue weighted by atomic mass is 16.6. The normalized spacial score (nSPS) is 16.1. The predicted octanol–water partition coefficient (Wildman–Crippen LogP) is 2.76. The fourth-order valence-electron chi connectivity index (χ4n) is 2.12. The van der Waals surface area contributed by atoms with E-state index in [1.807, 2.05) is 18.2 Å². The SMILES string of the molecule is CC(C)C(C)(C)CNCC(O)c1ccc2c(c1)OCCO2. The van der Waals surface area contributed by atoms with E-state index in [2.05, 4.69) is 33.0 Å². The van der Waals surface area contributed by atoms with Crippen LogP contribution in [-0.4, -0.2) is 31.4 Å². The van der Waals surface area contributed by atoms with Gasteiger partial charge >= 0.3 is 0 Å². The molecule has 0 bridgehead atoms. The van der Waals surface area contributed by atoms with E-state index in [1.54, 1.807) is 0 Å². The summed E-state index contributed by atoms with van der Waals surface area (Å²) in [4.78, 5) is 0. The van der Waals surface area contributed by atoms with Crippen molar-refractivity contribution in [3.63, 3.8) is 0 Å². The number of benzene rings is 1. The van der Waals surface area contributed by atoms with Crippen LogP contribution >= 0.6 is 0 Å². The average Bonchev–Trinajstić information content (AvgIpc) is 2.46. The molecule has 1 heterocycles. The van der Waals surface area contributed by atoms with Crippen LogP contribution in [0.2, 0.25) is 0 Å². The van der Waals surface area contributed by atoms with Crippen molar-refractivity contribution in [1.29, 1.82) is 0 Å². The molecule has 1 aliphatic rings. The van der Waals surface area contributed by atoms with Gasteiger partial charge in [-0.15, -0.1) is 0 Å². The van der Waals surface area contributed by atoms with E-state index in [0.29, 0.717) is 25.7 Å². The molecule has 0 spiro atoms. The van der Waals surface area contributed by atoms with Gasteiger partial charge in [0.2, 0.25) is 0 Å². The zero-order valence-corrected chi connectivity index (χ0v) is 13.5. The second-order valence-corrected chi connectivity index (χ2v) is 6.69. The third-order valence-electron chi connectivity index (χ3n) is 4.43. The van der Waals surface area contributed by atoms with Crippen LogP contribution < -0.4 is 14.8 Å². The minimum Gasteiger partial charge on any atom is -0.486 e. The first-order valence-electron chi connectivity index (χ1n) is 7.68. The molecule has 0 aliphatic carbocycles. The molecule has 4 heteroatoms. The molecule has 1 atom stereocenters. The molecule has 4 nitrogen and oxygen atoms in total. The molecule has 1 aromatic carbocycles. The highest BCUT2D eigenvalue weighted by Crippen LogP contribution is 2.32. The first-order valence-corrected chi connectivity index (χ1v) is 7.68. The van der Waals surface area contributed by atoms with Gasteiger partial charge in [-0.1, -0.05) is 33.8 Å². The van der Waals surface area contributed by atoms with Crippen LogP contribution in [0, 0.1) is 11.3 Å². The molecular weight excluding hydrogens is 266 g/mol. The van der Waals surface area contributed by atoms with E-state index < -0.39 is 6.10 Å². The lowest BCUT2D eigenvalue weighted by atomic mass is 9.81. The number of ether oxygens (including phenoxy) is 2. The number of fused-ring (bicyclic) bond motifs is 1. The molecule has 0 saturated carbocycles. The maximum atomic E-state index is 10.3. The molecule has 21 heavy (non-hydrogen) atoms. The summed E-state index contributed by atoms with van der Waals surface area (Å²) in [6, 6.07) is 5.63. The van der Waals surface area contributed by atoms with Crippen LogP contribution in [-0.2, 0) is 0 Å². The number of nitrogens with one attached hydrogen (secondary N) is 1. The molecule has 2 N–H and O–H groups in total. The van der Waals surface area contributed by atoms with Gasteiger partial charge in [0.05, 0.1) is 6.10 Å². The third-order valence-corrected chi connectivity index (χ3v) is 4.43. The standard InChI is InChI=1S/C17H27NO3/c1-12(2)17(3,4)11-18-10-14(19)13-5-6-15-16(9-13)21-8-7-20-15/h5-6,9,12,14,18-19H,7-8,10-11H2,1-4H3. The molecule has 1 unspecified atom stereocenters. The molecule has 0 amide bonds. The Balaban J connectivity index is 1.90. The highest BCUT2D eigenvalue weighted by molar-refractivity contribution is 5.44. The Kier molecular flexibility index (Phi) is 5.12. The Bertz CT molecular complexity index is 471. The van der Waals surface area contributed by atoms with E-state index in [9.17, 15) is 5.11 Å². The lowest BCUT2D eigenvalue weighted by Gasteiger charge is -2.30. The van der Waals surface area contributed by atoms with Crippen LogP contribution in [0.1, 0.15) is 39.4 Å². The summed E-state index contributed by atoms with van der Waals surface area (Å²) in [5.41, 5.74) is 1.07. The maximum absolute atomic E-state index is 10.3. The summed E-state index contributed by atoms with van der Waals surface area (Å²) in [5, 5.41) is 13.7. The van der Waals surface area contributed by atoms with Crippen LogP contribution in [0.3, 0.4) is 0 Å². The van der Waals surface area contributed by atoms with Crippen molar-refractivity contribution >= 4 is 0 Å². The zero-order chi connectivity index (χ0) is 15.5. The summed E-state index contributed by atoms with van der Waals surface area (Å²) in [5.74, 6) is 2.07. The predicted molar refractivity (Wildman–Crippen MR) is 83.9 cm³/mol. The quantitative estimate of drug-likeness (QED) is 0.847. The number of aliphatic hydroxyl groups is 1. The van der Waals surface area contributed by atoms with Crippen LogP contribution in [0.25, 0.3) is 0 Å². The molecule has 118 valence electrons. The van der Waals surface area contributed by atoms with Gasteiger partial charge in [-0.3, -0.25) is 0 Å². The van der Waals surface area contributed by atoms with Crippen LogP contribution in [0.15, 0.2) is 18.2 Å². The van der Waals surface area contributed by atoms with Gasteiger partial charge in [0.15, 0.2) is 11.5 Å². The fourth-order valence-corrected chi connectivity index (χ4v) is 2.12. The van der Waals surface area contributed by atoms with E-state index in [-0.39, 0.29) is 5.41 Å². The Morgan fingerprint density at radius 2 is 1.86 bits per heavy atom. The number of rotatable bonds is 6. The van der Waals surface area contributed by atoms with E-state index in [1.165, 1.54) is 0 Å². The summed E-state index contributed by atoms with van der Waals surface area (Å²) < 4.78 is 11.0. The van der Waals surface area contributed by atoms with Gasteiger partial charge in [-0.2, -0.15) is 0 Å². The molecule has 0 aromatic heterocycles. The summed E-state index contributed by atoms with van der Waals surface area (Å²) in [6.07, 6.45) is -0.538. The minimum atomic E-state index is -0.538. The van der Waals surface area contributed by atoms with Crippen molar-refractivity contribution in [2.24, 2.45) is 11.3 Å². The monoisotopic (exact) mass is 293 g/mol. The van der Waals surface area contributed by atoms with Crippen molar-refractivity contribution in [1.82, 2.24) is 5.32 Å². The number of aliphatic hydroxyl groups excluding tert-OH is 1. The maximum Gasteiger partial charge on any atom is 0.161 e. The lowest BCUT2D eigenvalue weighted by molar-refractivity contribution is 0.155. The number of hydrogen-bond donors (Lipinski definition) is 2. The van der Waals surface area contributed by atoms with Crippen molar-refractivity contribution in [2.75, 3.05) is 26.3 Å². The molecule has 1 aliphatic heterocycles. The molecule has 0 radical (unpaired) electrons. The molecule has 1 aromatic rings. The van der Waals surface area contributed by atoms with Gasteiger partial charge in [0.25, 0.3) is 0 Å². The molecule has 0 saturated heterocycles.